The minimum Gasteiger partial charge on any atom is -0.289 e. The van der Waals surface area contributed by atoms with Crippen LogP contribution in [0.15, 0.2) is 36.7 Å². The third kappa shape index (κ3) is 3.46. The lowest BCUT2D eigenvalue weighted by Crippen LogP contribution is -1.98. The number of aromatic nitrogens is 2. The van der Waals surface area contributed by atoms with Crippen LogP contribution < -0.4 is 0 Å². The molecule has 6 nitrogen and oxygen atoms in total. The van der Waals surface area contributed by atoms with Crippen molar-refractivity contribution in [2.75, 3.05) is 0 Å². The van der Waals surface area contributed by atoms with Crippen molar-refractivity contribution in [2.24, 2.45) is 7.05 Å². The highest BCUT2D eigenvalue weighted by Gasteiger charge is 2.16. The zero-order valence-corrected chi connectivity index (χ0v) is 12.7. The number of hydrogen-bond acceptors (Lipinski definition) is 4. The summed E-state index contributed by atoms with van der Waals surface area (Å²) >= 11 is 0. The fourth-order valence-electron chi connectivity index (χ4n) is 2.13. The van der Waals surface area contributed by atoms with Crippen LogP contribution >= 0.6 is 0 Å². The summed E-state index contributed by atoms with van der Waals surface area (Å²) < 4.78 is 1.54. The van der Waals surface area contributed by atoms with Crippen LogP contribution in [0.1, 0.15) is 41.3 Å². The molecule has 114 valence electrons. The van der Waals surface area contributed by atoms with E-state index in [4.69, 9.17) is 0 Å². The molecular formula is C16H17N3O3. The van der Waals surface area contributed by atoms with Gasteiger partial charge in [0.2, 0.25) is 0 Å². The highest BCUT2D eigenvalue weighted by atomic mass is 16.6. The fourth-order valence-corrected chi connectivity index (χ4v) is 2.13. The van der Waals surface area contributed by atoms with Crippen molar-refractivity contribution in [2.45, 2.75) is 19.8 Å². The monoisotopic (exact) mass is 299 g/mol. The Bertz CT molecular complexity index is 745. The van der Waals surface area contributed by atoms with E-state index in [2.05, 4.69) is 5.10 Å². The SMILES string of the molecule is CC(C)c1ccc(/C=C/C(=O)c2cnn(C)c2)cc1[N+](=O)[O-]. The van der Waals surface area contributed by atoms with Crippen LogP contribution in [0.25, 0.3) is 6.08 Å². The number of ketones is 1. The van der Waals surface area contributed by atoms with Crippen molar-refractivity contribution in [3.63, 3.8) is 0 Å². The van der Waals surface area contributed by atoms with Gasteiger partial charge in [0.1, 0.15) is 0 Å². The van der Waals surface area contributed by atoms with Crippen LogP contribution in [0.3, 0.4) is 0 Å². The van der Waals surface area contributed by atoms with Gasteiger partial charge in [-0.3, -0.25) is 19.6 Å². The first-order chi connectivity index (χ1) is 10.4. The molecule has 2 aromatic rings. The van der Waals surface area contributed by atoms with Gasteiger partial charge in [0.25, 0.3) is 5.69 Å². The molecule has 0 aliphatic carbocycles. The Labute approximate surface area is 128 Å². The van der Waals surface area contributed by atoms with E-state index >= 15 is 0 Å². The Morgan fingerprint density at radius 2 is 2.14 bits per heavy atom. The highest BCUT2D eigenvalue weighted by molar-refractivity contribution is 6.06. The average Bonchev–Trinajstić information content (AvgIpc) is 2.91. The van der Waals surface area contributed by atoms with E-state index < -0.39 is 4.92 Å². The maximum absolute atomic E-state index is 12.0. The third-order valence-corrected chi connectivity index (χ3v) is 3.29. The first-order valence-electron chi connectivity index (χ1n) is 6.88. The van der Waals surface area contributed by atoms with E-state index in [0.29, 0.717) is 16.7 Å². The second-order valence-corrected chi connectivity index (χ2v) is 5.33. The zero-order valence-electron chi connectivity index (χ0n) is 12.7. The van der Waals surface area contributed by atoms with Crippen LogP contribution in [0.5, 0.6) is 0 Å². The molecule has 1 heterocycles. The van der Waals surface area contributed by atoms with Crippen LogP contribution in [0, 0.1) is 10.1 Å². The summed E-state index contributed by atoms with van der Waals surface area (Å²) in [5.41, 5.74) is 1.85. The summed E-state index contributed by atoms with van der Waals surface area (Å²) in [4.78, 5) is 22.7. The molecule has 0 atom stereocenters. The summed E-state index contributed by atoms with van der Waals surface area (Å²) in [6.07, 6.45) is 6.07. The molecule has 0 N–H and O–H groups in total. The van der Waals surface area contributed by atoms with Crippen LogP contribution in [-0.2, 0) is 7.05 Å². The van der Waals surface area contributed by atoms with Crippen molar-refractivity contribution in [3.8, 4) is 0 Å². The summed E-state index contributed by atoms with van der Waals surface area (Å²) in [6.45, 7) is 3.81. The van der Waals surface area contributed by atoms with Gasteiger partial charge < -0.3 is 0 Å². The number of nitro groups is 1. The van der Waals surface area contributed by atoms with Crippen LogP contribution in [0.2, 0.25) is 0 Å². The largest absolute Gasteiger partial charge is 0.289 e. The molecule has 1 aromatic carbocycles. The molecule has 0 unspecified atom stereocenters. The molecular weight excluding hydrogens is 282 g/mol. The lowest BCUT2D eigenvalue weighted by Gasteiger charge is -2.06. The molecule has 0 saturated heterocycles. The number of hydrogen-bond donors (Lipinski definition) is 0. The van der Waals surface area contributed by atoms with Crippen LogP contribution in [-0.4, -0.2) is 20.5 Å². The predicted octanol–water partition coefficient (Wildman–Crippen LogP) is 3.35. The Kier molecular flexibility index (Phi) is 4.50. The second-order valence-electron chi connectivity index (χ2n) is 5.33. The molecule has 6 heteroatoms. The molecule has 22 heavy (non-hydrogen) atoms. The van der Waals surface area contributed by atoms with Crippen molar-refractivity contribution in [1.29, 1.82) is 0 Å². The summed E-state index contributed by atoms with van der Waals surface area (Å²) in [6, 6.07) is 4.99. The molecule has 0 spiro atoms. The normalized spacial score (nSPS) is 11.3. The van der Waals surface area contributed by atoms with E-state index in [-0.39, 0.29) is 17.4 Å². The number of aryl methyl sites for hydroxylation is 1. The first-order valence-corrected chi connectivity index (χ1v) is 6.88. The number of carbonyl (C=O) groups excluding carboxylic acids is 1. The number of benzene rings is 1. The molecule has 0 fully saturated rings. The number of nitrogens with zero attached hydrogens (tertiary/aromatic N) is 3. The predicted molar refractivity (Wildman–Crippen MR) is 83.8 cm³/mol. The Balaban J connectivity index is 2.26. The molecule has 0 aliphatic rings. The van der Waals surface area contributed by atoms with Gasteiger partial charge in [0.05, 0.1) is 16.7 Å². The lowest BCUT2D eigenvalue weighted by molar-refractivity contribution is -0.385. The standard InChI is InChI=1S/C16H17N3O3/c1-11(2)14-6-4-12(8-15(14)19(21)22)5-7-16(20)13-9-17-18(3)10-13/h4-11H,1-3H3/b7-5+. The molecule has 0 radical (unpaired) electrons. The van der Waals surface area contributed by atoms with Crippen molar-refractivity contribution in [3.05, 3.63) is 63.5 Å². The van der Waals surface area contributed by atoms with Crippen molar-refractivity contribution >= 4 is 17.5 Å². The van der Waals surface area contributed by atoms with Crippen molar-refractivity contribution in [1.82, 2.24) is 9.78 Å². The molecule has 0 aliphatic heterocycles. The smallest absolute Gasteiger partial charge is 0.273 e. The maximum Gasteiger partial charge on any atom is 0.273 e. The molecule has 0 bridgehead atoms. The van der Waals surface area contributed by atoms with E-state index in [9.17, 15) is 14.9 Å². The van der Waals surface area contributed by atoms with E-state index in [1.165, 1.54) is 18.3 Å². The summed E-state index contributed by atoms with van der Waals surface area (Å²) in [5.74, 6) is -0.126. The van der Waals surface area contributed by atoms with E-state index in [0.717, 1.165) is 0 Å². The highest BCUT2D eigenvalue weighted by Crippen LogP contribution is 2.27. The quantitative estimate of drug-likeness (QED) is 0.367. The van der Waals surface area contributed by atoms with E-state index in [1.54, 1.807) is 36.1 Å². The Hall–Kier alpha value is -2.76. The maximum atomic E-state index is 12.0. The number of carbonyl (C=O) groups is 1. The van der Waals surface area contributed by atoms with Gasteiger partial charge in [-0.2, -0.15) is 5.10 Å². The van der Waals surface area contributed by atoms with Gasteiger partial charge in [-0.25, -0.2) is 0 Å². The topological polar surface area (TPSA) is 78.0 Å². The lowest BCUT2D eigenvalue weighted by atomic mass is 9.99. The van der Waals surface area contributed by atoms with Gasteiger partial charge >= 0.3 is 0 Å². The van der Waals surface area contributed by atoms with Gasteiger partial charge in [0, 0.05) is 24.9 Å². The number of allylic oxidation sites excluding steroid dienone is 1. The zero-order chi connectivity index (χ0) is 16.3. The molecule has 2 rings (SSSR count). The van der Waals surface area contributed by atoms with E-state index in [1.807, 2.05) is 13.8 Å². The summed E-state index contributed by atoms with van der Waals surface area (Å²) in [7, 11) is 1.73. The second kappa shape index (κ2) is 6.34. The Morgan fingerprint density at radius 1 is 1.41 bits per heavy atom. The molecule has 1 aromatic heterocycles. The molecule has 0 amide bonds. The number of rotatable bonds is 5. The van der Waals surface area contributed by atoms with Gasteiger partial charge in [-0.05, 0) is 17.6 Å². The summed E-state index contributed by atoms with van der Waals surface area (Å²) in [5, 5.41) is 15.1. The minimum absolute atomic E-state index is 0.0652. The van der Waals surface area contributed by atoms with Crippen LogP contribution in [0.4, 0.5) is 5.69 Å². The Morgan fingerprint density at radius 3 is 2.68 bits per heavy atom. The van der Waals surface area contributed by atoms with Gasteiger partial charge in [-0.1, -0.05) is 32.1 Å². The van der Waals surface area contributed by atoms with Crippen molar-refractivity contribution < 1.29 is 9.72 Å². The minimum atomic E-state index is -0.393. The first kappa shape index (κ1) is 15.6. The van der Waals surface area contributed by atoms with Gasteiger partial charge in [0.15, 0.2) is 5.78 Å². The fraction of sp³-hybridized carbons (Fsp3) is 0.250. The number of nitro benzene ring substituents is 1. The third-order valence-electron chi connectivity index (χ3n) is 3.29. The van der Waals surface area contributed by atoms with Gasteiger partial charge in [-0.15, -0.1) is 0 Å². The average molecular weight is 299 g/mol. The molecule has 0 saturated carbocycles.